The number of rotatable bonds is 4. The molecule has 7 nitrogen and oxygen atoms in total. The van der Waals surface area contributed by atoms with E-state index >= 15 is 0 Å². The lowest BCUT2D eigenvalue weighted by Crippen LogP contribution is -2.13. The van der Waals surface area contributed by atoms with Crippen molar-refractivity contribution in [3.8, 4) is 0 Å². The first-order valence-electron chi connectivity index (χ1n) is 6.19. The zero-order valence-corrected chi connectivity index (χ0v) is 13.0. The molecule has 21 heavy (non-hydrogen) atoms. The molecular weight excluding hydrogens is 340 g/mol. The number of nitro benzene ring substituents is 1. The molecule has 0 aliphatic carbocycles. The van der Waals surface area contributed by atoms with Crippen LogP contribution in [-0.4, -0.2) is 21.0 Å². The Morgan fingerprint density at radius 2 is 2.14 bits per heavy atom. The van der Waals surface area contributed by atoms with Crippen molar-refractivity contribution >= 4 is 33.3 Å². The second-order valence-corrected chi connectivity index (χ2v) is 5.59. The number of H-pyrrole nitrogens is 1. The number of halogens is 1. The molecule has 8 heteroatoms. The van der Waals surface area contributed by atoms with Crippen LogP contribution in [0.25, 0.3) is 0 Å². The van der Waals surface area contributed by atoms with Crippen LogP contribution in [0.4, 0.5) is 11.5 Å². The normalized spacial score (nSPS) is 10.7. The molecule has 0 saturated heterocycles. The Balaban J connectivity index is 2.23. The number of aromatic nitrogens is 2. The first kappa shape index (κ1) is 15.2. The Hall–Kier alpha value is -2.22. The fourth-order valence-electron chi connectivity index (χ4n) is 1.68. The van der Waals surface area contributed by atoms with Crippen LogP contribution in [0.2, 0.25) is 0 Å². The third kappa shape index (κ3) is 3.46. The maximum absolute atomic E-state index is 12.2. The van der Waals surface area contributed by atoms with Gasteiger partial charge < -0.3 is 5.32 Å². The molecule has 0 fully saturated rings. The van der Waals surface area contributed by atoms with Gasteiger partial charge in [0.25, 0.3) is 11.6 Å². The molecule has 0 unspecified atom stereocenters. The van der Waals surface area contributed by atoms with Crippen LogP contribution in [0.3, 0.4) is 0 Å². The van der Waals surface area contributed by atoms with E-state index in [1.165, 1.54) is 18.2 Å². The number of anilines is 1. The molecule has 2 rings (SSSR count). The highest BCUT2D eigenvalue weighted by molar-refractivity contribution is 9.10. The number of hydrogen-bond acceptors (Lipinski definition) is 4. The molecule has 1 aromatic carbocycles. The molecule has 110 valence electrons. The molecule has 0 aliphatic heterocycles. The Morgan fingerprint density at radius 3 is 2.71 bits per heavy atom. The van der Waals surface area contributed by atoms with Gasteiger partial charge in [-0.05, 0) is 27.9 Å². The van der Waals surface area contributed by atoms with Crippen LogP contribution in [-0.2, 0) is 0 Å². The molecule has 0 radical (unpaired) electrons. The van der Waals surface area contributed by atoms with Crippen molar-refractivity contribution in [1.29, 1.82) is 0 Å². The number of nitrogens with one attached hydrogen (secondary N) is 2. The standard InChI is InChI=1S/C13H13BrN4O3/c1-7(2)11-6-12(17-16-11)15-13(19)9-5-8(18(20)21)3-4-10(9)14/h3-7H,1-2H3,(H2,15,16,17,19). The number of carbonyl (C=O) groups excluding carboxylic acids is 1. The van der Waals surface area contributed by atoms with Crippen molar-refractivity contribution in [1.82, 2.24) is 10.2 Å². The molecule has 0 bridgehead atoms. The number of nitro groups is 1. The van der Waals surface area contributed by atoms with Crippen LogP contribution < -0.4 is 5.32 Å². The van der Waals surface area contributed by atoms with Crippen molar-refractivity contribution < 1.29 is 9.72 Å². The van der Waals surface area contributed by atoms with Gasteiger partial charge in [0.1, 0.15) is 0 Å². The predicted molar refractivity (Wildman–Crippen MR) is 81.4 cm³/mol. The average molecular weight is 353 g/mol. The van der Waals surface area contributed by atoms with E-state index in [9.17, 15) is 14.9 Å². The van der Waals surface area contributed by atoms with Crippen molar-refractivity contribution in [2.45, 2.75) is 19.8 Å². The van der Waals surface area contributed by atoms with Crippen LogP contribution in [0.5, 0.6) is 0 Å². The summed E-state index contributed by atoms with van der Waals surface area (Å²) in [6.45, 7) is 3.99. The fourth-order valence-corrected chi connectivity index (χ4v) is 2.11. The molecule has 0 spiro atoms. The highest BCUT2D eigenvalue weighted by Gasteiger charge is 2.16. The molecule has 1 heterocycles. The summed E-state index contributed by atoms with van der Waals surface area (Å²) < 4.78 is 0.477. The topological polar surface area (TPSA) is 101 Å². The lowest BCUT2D eigenvalue weighted by atomic mass is 10.1. The summed E-state index contributed by atoms with van der Waals surface area (Å²) in [5.74, 6) is 0.169. The quantitative estimate of drug-likeness (QED) is 0.649. The minimum atomic E-state index is -0.547. The van der Waals surface area contributed by atoms with Gasteiger partial charge in [0.15, 0.2) is 5.82 Å². The van der Waals surface area contributed by atoms with Gasteiger partial charge in [0.05, 0.1) is 10.5 Å². The van der Waals surface area contributed by atoms with Gasteiger partial charge in [0.2, 0.25) is 0 Å². The minimum Gasteiger partial charge on any atom is -0.305 e. The lowest BCUT2D eigenvalue weighted by Gasteiger charge is -2.04. The largest absolute Gasteiger partial charge is 0.305 e. The summed E-state index contributed by atoms with van der Waals surface area (Å²) in [7, 11) is 0. The molecule has 2 aromatic rings. The second-order valence-electron chi connectivity index (χ2n) is 4.74. The van der Waals surface area contributed by atoms with E-state index in [0.29, 0.717) is 10.3 Å². The van der Waals surface area contributed by atoms with E-state index in [0.717, 1.165) is 5.69 Å². The maximum atomic E-state index is 12.2. The highest BCUT2D eigenvalue weighted by atomic mass is 79.9. The van der Waals surface area contributed by atoms with E-state index in [1.807, 2.05) is 13.8 Å². The van der Waals surface area contributed by atoms with Crippen LogP contribution in [0.1, 0.15) is 35.8 Å². The molecule has 1 aromatic heterocycles. The molecule has 2 N–H and O–H groups in total. The third-order valence-corrected chi connectivity index (χ3v) is 3.56. The third-order valence-electron chi connectivity index (χ3n) is 2.87. The van der Waals surface area contributed by atoms with E-state index in [4.69, 9.17) is 0 Å². The monoisotopic (exact) mass is 352 g/mol. The smallest absolute Gasteiger partial charge is 0.270 e. The van der Waals surface area contributed by atoms with E-state index < -0.39 is 10.8 Å². The summed E-state index contributed by atoms with van der Waals surface area (Å²) >= 11 is 3.21. The predicted octanol–water partition coefficient (Wildman–Crippen LogP) is 3.46. The molecule has 0 aliphatic rings. The SMILES string of the molecule is CC(C)c1cc(NC(=O)c2cc([N+](=O)[O-])ccc2Br)n[nH]1. The first-order chi connectivity index (χ1) is 9.88. The van der Waals surface area contributed by atoms with Crippen LogP contribution in [0.15, 0.2) is 28.7 Å². The highest BCUT2D eigenvalue weighted by Crippen LogP contribution is 2.23. The van der Waals surface area contributed by atoms with Gasteiger partial charge in [-0.15, -0.1) is 0 Å². The van der Waals surface area contributed by atoms with Gasteiger partial charge in [-0.25, -0.2) is 0 Å². The van der Waals surface area contributed by atoms with E-state index in [-0.39, 0.29) is 17.2 Å². The van der Waals surface area contributed by atoms with E-state index in [2.05, 4.69) is 31.4 Å². The summed E-state index contributed by atoms with van der Waals surface area (Å²) in [6.07, 6.45) is 0. The van der Waals surface area contributed by atoms with Crippen molar-refractivity contribution in [3.63, 3.8) is 0 Å². The average Bonchev–Trinajstić information content (AvgIpc) is 2.87. The number of benzene rings is 1. The Bertz CT molecular complexity index is 696. The minimum absolute atomic E-state index is 0.145. The molecule has 0 atom stereocenters. The fraction of sp³-hybridized carbons (Fsp3) is 0.231. The number of hydrogen-bond donors (Lipinski definition) is 2. The number of amides is 1. The number of nitrogens with zero attached hydrogens (tertiary/aromatic N) is 2. The molecule has 0 saturated carbocycles. The summed E-state index contributed by atoms with van der Waals surface area (Å²) in [5.41, 5.74) is 0.926. The first-order valence-corrected chi connectivity index (χ1v) is 6.98. The Morgan fingerprint density at radius 1 is 1.43 bits per heavy atom. The second kappa shape index (κ2) is 6.04. The van der Waals surface area contributed by atoms with Gasteiger partial charge in [0, 0.05) is 28.4 Å². The summed E-state index contributed by atoms with van der Waals surface area (Å²) in [6, 6.07) is 5.74. The Labute approximate surface area is 129 Å². The number of aromatic amines is 1. The van der Waals surface area contributed by atoms with E-state index in [1.54, 1.807) is 6.07 Å². The van der Waals surface area contributed by atoms with Gasteiger partial charge in [-0.1, -0.05) is 13.8 Å². The van der Waals surface area contributed by atoms with Crippen molar-refractivity contribution in [2.24, 2.45) is 0 Å². The van der Waals surface area contributed by atoms with Crippen molar-refractivity contribution in [3.05, 3.63) is 50.1 Å². The molecular formula is C13H13BrN4O3. The lowest BCUT2D eigenvalue weighted by molar-refractivity contribution is -0.384. The van der Waals surface area contributed by atoms with Crippen LogP contribution in [0, 0.1) is 10.1 Å². The van der Waals surface area contributed by atoms with Crippen LogP contribution >= 0.6 is 15.9 Å². The molecule has 1 amide bonds. The number of carbonyl (C=O) groups is 1. The summed E-state index contributed by atoms with van der Waals surface area (Å²) in [5, 5.41) is 20.2. The van der Waals surface area contributed by atoms with Crippen molar-refractivity contribution in [2.75, 3.05) is 5.32 Å². The maximum Gasteiger partial charge on any atom is 0.270 e. The van der Waals surface area contributed by atoms with Gasteiger partial charge in [-0.3, -0.25) is 20.0 Å². The van der Waals surface area contributed by atoms with Gasteiger partial charge in [-0.2, -0.15) is 5.10 Å². The Kier molecular flexibility index (Phi) is 4.37. The van der Waals surface area contributed by atoms with Gasteiger partial charge >= 0.3 is 0 Å². The zero-order chi connectivity index (χ0) is 15.6. The number of non-ortho nitro benzene ring substituents is 1. The zero-order valence-electron chi connectivity index (χ0n) is 11.4. The summed E-state index contributed by atoms with van der Waals surface area (Å²) in [4.78, 5) is 22.4.